The van der Waals surface area contributed by atoms with Crippen molar-refractivity contribution in [3.8, 4) is 0 Å². The van der Waals surface area contributed by atoms with Gasteiger partial charge in [-0.2, -0.15) is 0 Å². The Labute approximate surface area is 134 Å². The number of morpholine rings is 1. The van der Waals surface area contributed by atoms with Gasteiger partial charge in [-0.05, 0) is 17.7 Å². The standard InChI is InChI=1S/C15H19ClN2O2S/c16-13-3-1-12(2-4-13)15-18(14(19)11-21-15)6-5-17-7-9-20-10-8-17/h1-4,15H,5-11H2. The molecule has 1 aromatic rings. The quantitative estimate of drug-likeness (QED) is 0.849. The van der Waals surface area contributed by atoms with Gasteiger partial charge in [0.2, 0.25) is 5.91 Å². The van der Waals surface area contributed by atoms with Gasteiger partial charge in [0, 0.05) is 31.2 Å². The van der Waals surface area contributed by atoms with Crippen LogP contribution in [0.1, 0.15) is 10.9 Å². The molecule has 114 valence electrons. The van der Waals surface area contributed by atoms with E-state index < -0.39 is 0 Å². The van der Waals surface area contributed by atoms with Crippen LogP contribution in [0.3, 0.4) is 0 Å². The van der Waals surface area contributed by atoms with Crippen molar-refractivity contribution < 1.29 is 9.53 Å². The number of rotatable bonds is 4. The molecule has 0 radical (unpaired) electrons. The van der Waals surface area contributed by atoms with Gasteiger partial charge in [0.1, 0.15) is 5.37 Å². The van der Waals surface area contributed by atoms with Gasteiger partial charge < -0.3 is 9.64 Å². The van der Waals surface area contributed by atoms with Gasteiger partial charge in [-0.1, -0.05) is 23.7 Å². The molecule has 2 aliphatic rings. The second-order valence-corrected chi connectivity index (χ2v) is 6.76. The molecule has 0 N–H and O–H groups in total. The summed E-state index contributed by atoms with van der Waals surface area (Å²) in [6, 6.07) is 7.81. The average Bonchev–Trinajstić information content (AvgIpc) is 2.88. The lowest BCUT2D eigenvalue weighted by Crippen LogP contribution is -2.42. The largest absolute Gasteiger partial charge is 0.379 e. The Morgan fingerprint density at radius 2 is 1.90 bits per heavy atom. The van der Waals surface area contributed by atoms with Crippen LogP contribution in [-0.4, -0.2) is 60.9 Å². The summed E-state index contributed by atoms with van der Waals surface area (Å²) in [5.74, 6) is 0.796. The van der Waals surface area contributed by atoms with Crippen molar-refractivity contribution in [3.05, 3.63) is 34.9 Å². The lowest BCUT2D eigenvalue weighted by Gasteiger charge is -2.30. The first-order chi connectivity index (χ1) is 10.2. The molecule has 2 saturated heterocycles. The van der Waals surface area contributed by atoms with E-state index in [9.17, 15) is 4.79 Å². The van der Waals surface area contributed by atoms with Gasteiger partial charge >= 0.3 is 0 Å². The monoisotopic (exact) mass is 326 g/mol. The van der Waals surface area contributed by atoms with Crippen molar-refractivity contribution in [2.75, 3.05) is 45.1 Å². The molecule has 1 aromatic carbocycles. The van der Waals surface area contributed by atoms with Gasteiger partial charge in [0.15, 0.2) is 0 Å². The summed E-state index contributed by atoms with van der Waals surface area (Å²) >= 11 is 7.63. The lowest BCUT2D eigenvalue weighted by atomic mass is 10.2. The summed E-state index contributed by atoms with van der Waals surface area (Å²) in [7, 11) is 0. The molecule has 0 bridgehead atoms. The van der Waals surface area contributed by atoms with Gasteiger partial charge in [0.25, 0.3) is 0 Å². The normalized spacial score (nSPS) is 23.8. The molecular formula is C15H19ClN2O2S. The van der Waals surface area contributed by atoms with E-state index in [2.05, 4.69) is 4.90 Å². The Kier molecular flexibility index (Phi) is 5.06. The summed E-state index contributed by atoms with van der Waals surface area (Å²) in [6.45, 7) is 5.20. The molecule has 0 aromatic heterocycles. The highest BCUT2D eigenvalue weighted by molar-refractivity contribution is 8.00. The topological polar surface area (TPSA) is 32.8 Å². The van der Waals surface area contributed by atoms with Crippen LogP contribution in [0.25, 0.3) is 0 Å². The number of nitrogens with zero attached hydrogens (tertiary/aromatic N) is 2. The first-order valence-electron chi connectivity index (χ1n) is 7.21. The predicted molar refractivity (Wildman–Crippen MR) is 85.6 cm³/mol. The zero-order chi connectivity index (χ0) is 14.7. The zero-order valence-corrected chi connectivity index (χ0v) is 13.4. The van der Waals surface area contributed by atoms with Crippen molar-refractivity contribution in [1.82, 2.24) is 9.80 Å². The third-order valence-electron chi connectivity index (χ3n) is 3.88. The van der Waals surface area contributed by atoms with E-state index in [0.717, 1.165) is 50.0 Å². The third kappa shape index (κ3) is 3.72. The number of amides is 1. The number of benzene rings is 1. The van der Waals surface area contributed by atoms with Crippen LogP contribution in [0.4, 0.5) is 0 Å². The van der Waals surface area contributed by atoms with Crippen molar-refractivity contribution >= 4 is 29.3 Å². The van der Waals surface area contributed by atoms with E-state index in [-0.39, 0.29) is 11.3 Å². The van der Waals surface area contributed by atoms with Crippen LogP contribution in [0.5, 0.6) is 0 Å². The molecule has 3 rings (SSSR count). The first kappa shape index (κ1) is 15.2. The third-order valence-corrected chi connectivity index (χ3v) is 5.39. The van der Waals surface area contributed by atoms with Gasteiger partial charge in [0.05, 0.1) is 19.0 Å². The highest BCUT2D eigenvalue weighted by Gasteiger charge is 2.32. The van der Waals surface area contributed by atoms with Gasteiger partial charge in [-0.15, -0.1) is 11.8 Å². The van der Waals surface area contributed by atoms with Crippen molar-refractivity contribution in [1.29, 1.82) is 0 Å². The Balaban J connectivity index is 1.63. The maximum Gasteiger partial charge on any atom is 0.233 e. The molecule has 2 fully saturated rings. The van der Waals surface area contributed by atoms with Crippen LogP contribution in [0.2, 0.25) is 5.02 Å². The van der Waals surface area contributed by atoms with Gasteiger partial charge in [-0.25, -0.2) is 0 Å². The second kappa shape index (κ2) is 7.01. The molecule has 1 amide bonds. The fourth-order valence-corrected chi connectivity index (χ4v) is 4.02. The molecule has 1 unspecified atom stereocenters. The van der Waals surface area contributed by atoms with Crippen molar-refractivity contribution in [2.45, 2.75) is 5.37 Å². The lowest BCUT2D eigenvalue weighted by molar-refractivity contribution is -0.128. The Bertz CT molecular complexity index is 491. The van der Waals surface area contributed by atoms with Crippen LogP contribution in [0.15, 0.2) is 24.3 Å². The number of carbonyl (C=O) groups excluding carboxylic acids is 1. The van der Waals surface area contributed by atoms with E-state index in [4.69, 9.17) is 16.3 Å². The molecule has 1 atom stereocenters. The molecule has 2 aliphatic heterocycles. The molecule has 2 heterocycles. The van der Waals surface area contributed by atoms with Crippen molar-refractivity contribution in [3.63, 3.8) is 0 Å². The fraction of sp³-hybridized carbons (Fsp3) is 0.533. The van der Waals surface area contributed by atoms with E-state index in [1.54, 1.807) is 11.8 Å². The van der Waals surface area contributed by atoms with E-state index in [1.165, 1.54) is 0 Å². The molecule has 0 spiro atoms. The highest BCUT2D eigenvalue weighted by atomic mass is 35.5. The van der Waals surface area contributed by atoms with Crippen molar-refractivity contribution in [2.24, 2.45) is 0 Å². The van der Waals surface area contributed by atoms with Crippen LogP contribution < -0.4 is 0 Å². The average molecular weight is 327 g/mol. The SMILES string of the molecule is O=C1CSC(c2ccc(Cl)cc2)N1CCN1CCOCC1. The molecule has 6 heteroatoms. The summed E-state index contributed by atoms with van der Waals surface area (Å²) < 4.78 is 5.36. The Morgan fingerprint density at radius 1 is 1.19 bits per heavy atom. The summed E-state index contributed by atoms with van der Waals surface area (Å²) in [5.41, 5.74) is 1.15. The Morgan fingerprint density at radius 3 is 2.62 bits per heavy atom. The minimum atomic E-state index is 0.121. The Hall–Kier alpha value is -0.750. The molecule has 21 heavy (non-hydrogen) atoms. The summed E-state index contributed by atoms with van der Waals surface area (Å²) in [4.78, 5) is 16.5. The molecular weight excluding hydrogens is 308 g/mol. The van der Waals surface area contributed by atoms with E-state index in [0.29, 0.717) is 5.75 Å². The van der Waals surface area contributed by atoms with Crippen LogP contribution >= 0.6 is 23.4 Å². The van der Waals surface area contributed by atoms with Crippen LogP contribution in [-0.2, 0) is 9.53 Å². The number of thioether (sulfide) groups is 1. The number of ether oxygens (including phenoxy) is 1. The summed E-state index contributed by atoms with van der Waals surface area (Å²) in [6.07, 6.45) is 0. The number of hydrogen-bond acceptors (Lipinski definition) is 4. The number of halogens is 1. The maximum absolute atomic E-state index is 12.1. The van der Waals surface area contributed by atoms with E-state index >= 15 is 0 Å². The first-order valence-corrected chi connectivity index (χ1v) is 8.63. The van der Waals surface area contributed by atoms with E-state index in [1.807, 2.05) is 29.2 Å². The smallest absolute Gasteiger partial charge is 0.233 e. The minimum Gasteiger partial charge on any atom is -0.379 e. The fourth-order valence-electron chi connectivity index (χ4n) is 2.67. The molecule has 0 saturated carbocycles. The number of carbonyl (C=O) groups is 1. The second-order valence-electron chi connectivity index (χ2n) is 5.26. The zero-order valence-electron chi connectivity index (χ0n) is 11.8. The highest BCUT2D eigenvalue weighted by Crippen LogP contribution is 2.38. The van der Waals surface area contributed by atoms with Crippen LogP contribution in [0, 0.1) is 0 Å². The van der Waals surface area contributed by atoms with Gasteiger partial charge in [-0.3, -0.25) is 9.69 Å². The maximum atomic E-state index is 12.1. The minimum absolute atomic E-state index is 0.121. The predicted octanol–water partition coefficient (Wildman–Crippen LogP) is 2.25. The molecule has 4 nitrogen and oxygen atoms in total. The molecule has 0 aliphatic carbocycles. The number of hydrogen-bond donors (Lipinski definition) is 0. The summed E-state index contributed by atoms with van der Waals surface area (Å²) in [5, 5.41) is 0.851.